The quantitative estimate of drug-likeness (QED) is 0.617. The van der Waals surface area contributed by atoms with Crippen LogP contribution in [0.4, 0.5) is 4.79 Å². The highest BCUT2D eigenvalue weighted by molar-refractivity contribution is 6.40. The SMILES string of the molecule is O=C(O)C1=NN(C(=O)O)C=CC=C1. The summed E-state index contributed by atoms with van der Waals surface area (Å²) in [5, 5.41) is 20.9. The van der Waals surface area contributed by atoms with E-state index in [9.17, 15) is 9.59 Å². The second-order valence-electron chi connectivity index (χ2n) is 2.12. The third-order valence-corrected chi connectivity index (χ3v) is 1.22. The summed E-state index contributed by atoms with van der Waals surface area (Å²) in [5.74, 6) is -1.27. The van der Waals surface area contributed by atoms with E-state index in [0.29, 0.717) is 5.01 Å². The number of amides is 1. The highest BCUT2D eigenvalue weighted by Gasteiger charge is 2.13. The van der Waals surface area contributed by atoms with Crippen LogP contribution in [0.3, 0.4) is 0 Å². The Bertz CT molecular complexity index is 329. The third-order valence-electron chi connectivity index (χ3n) is 1.22. The number of rotatable bonds is 1. The number of hydrogen-bond acceptors (Lipinski definition) is 3. The Kier molecular flexibility index (Phi) is 2.44. The molecule has 0 saturated carbocycles. The van der Waals surface area contributed by atoms with E-state index in [0.717, 1.165) is 6.20 Å². The molecule has 1 rings (SSSR count). The molecule has 0 aliphatic carbocycles. The Labute approximate surface area is 73.1 Å². The molecule has 0 bridgehead atoms. The van der Waals surface area contributed by atoms with Crippen LogP contribution in [0.1, 0.15) is 0 Å². The Morgan fingerprint density at radius 1 is 1.31 bits per heavy atom. The number of allylic oxidation sites excluding steroid dienone is 2. The second kappa shape index (κ2) is 3.53. The predicted molar refractivity (Wildman–Crippen MR) is 43.2 cm³/mol. The maximum absolute atomic E-state index is 10.4. The first-order valence-electron chi connectivity index (χ1n) is 3.30. The van der Waals surface area contributed by atoms with Crippen molar-refractivity contribution in [1.29, 1.82) is 0 Å². The summed E-state index contributed by atoms with van der Waals surface area (Å²) in [4.78, 5) is 20.9. The molecule has 1 aliphatic rings. The molecular formula is C7H6N2O4. The first-order chi connectivity index (χ1) is 6.11. The summed E-state index contributed by atoms with van der Waals surface area (Å²) < 4.78 is 0. The van der Waals surface area contributed by atoms with Crippen LogP contribution in [-0.4, -0.2) is 33.0 Å². The zero-order valence-corrected chi connectivity index (χ0v) is 6.41. The summed E-state index contributed by atoms with van der Waals surface area (Å²) in [6.45, 7) is 0. The summed E-state index contributed by atoms with van der Waals surface area (Å²) in [6, 6.07) is 0. The molecule has 2 N–H and O–H groups in total. The fourth-order valence-electron chi connectivity index (χ4n) is 0.681. The Hall–Kier alpha value is -2.11. The normalized spacial score (nSPS) is 15.1. The lowest BCUT2D eigenvalue weighted by Crippen LogP contribution is -2.21. The molecule has 13 heavy (non-hydrogen) atoms. The van der Waals surface area contributed by atoms with Crippen LogP contribution in [0.5, 0.6) is 0 Å². The highest BCUT2D eigenvalue weighted by Crippen LogP contribution is 2.00. The topological polar surface area (TPSA) is 90.2 Å². The van der Waals surface area contributed by atoms with Crippen LogP contribution in [0.25, 0.3) is 0 Å². The Balaban J connectivity index is 2.97. The zero-order chi connectivity index (χ0) is 9.84. The van der Waals surface area contributed by atoms with Gasteiger partial charge >= 0.3 is 12.1 Å². The summed E-state index contributed by atoms with van der Waals surface area (Å²) in [6.07, 6.45) is 3.80. The lowest BCUT2D eigenvalue weighted by molar-refractivity contribution is -0.129. The van der Waals surface area contributed by atoms with Crippen LogP contribution >= 0.6 is 0 Å². The van der Waals surface area contributed by atoms with Crippen molar-refractivity contribution < 1.29 is 19.8 Å². The zero-order valence-electron chi connectivity index (χ0n) is 6.41. The van der Waals surface area contributed by atoms with Crippen LogP contribution in [0.15, 0.2) is 29.5 Å². The second-order valence-corrected chi connectivity index (χ2v) is 2.12. The molecule has 0 saturated heterocycles. The Morgan fingerprint density at radius 2 is 2.00 bits per heavy atom. The van der Waals surface area contributed by atoms with Gasteiger partial charge in [-0.15, -0.1) is 0 Å². The summed E-state index contributed by atoms with van der Waals surface area (Å²) in [7, 11) is 0. The fraction of sp³-hybridized carbons (Fsp3) is 0. The Morgan fingerprint density at radius 3 is 2.54 bits per heavy atom. The monoisotopic (exact) mass is 182 g/mol. The standard InChI is InChI=1S/C7H6N2O4/c10-6(11)5-3-1-2-4-9(8-5)7(12)13/h1-4H,(H,10,11)(H,12,13). The third kappa shape index (κ3) is 2.16. The number of hydrazone groups is 1. The van der Waals surface area contributed by atoms with E-state index in [1.807, 2.05) is 0 Å². The molecule has 0 spiro atoms. The van der Waals surface area contributed by atoms with Gasteiger partial charge in [0.1, 0.15) is 0 Å². The van der Waals surface area contributed by atoms with Gasteiger partial charge in [-0.25, -0.2) is 9.59 Å². The average molecular weight is 182 g/mol. The minimum Gasteiger partial charge on any atom is -0.476 e. The van der Waals surface area contributed by atoms with Gasteiger partial charge in [0, 0.05) is 6.20 Å². The molecule has 0 aromatic carbocycles. The van der Waals surface area contributed by atoms with Crippen LogP contribution in [0.2, 0.25) is 0 Å². The first kappa shape index (κ1) is 8.98. The maximum Gasteiger partial charge on any atom is 0.432 e. The molecule has 6 heteroatoms. The molecule has 1 amide bonds. The molecule has 0 aromatic heterocycles. The van der Waals surface area contributed by atoms with Gasteiger partial charge in [-0.05, 0) is 12.2 Å². The molecule has 0 aromatic rings. The first-order valence-corrected chi connectivity index (χ1v) is 3.30. The molecule has 1 heterocycles. The van der Waals surface area contributed by atoms with Crippen molar-refractivity contribution in [3.63, 3.8) is 0 Å². The van der Waals surface area contributed by atoms with Crippen molar-refractivity contribution in [1.82, 2.24) is 5.01 Å². The van der Waals surface area contributed by atoms with E-state index in [1.165, 1.54) is 18.2 Å². The molecule has 0 atom stereocenters. The molecular weight excluding hydrogens is 176 g/mol. The lowest BCUT2D eigenvalue weighted by Gasteiger charge is -2.05. The number of hydrogen-bond donors (Lipinski definition) is 2. The van der Waals surface area contributed by atoms with E-state index in [4.69, 9.17) is 10.2 Å². The van der Waals surface area contributed by atoms with E-state index in [-0.39, 0.29) is 5.71 Å². The fourth-order valence-corrected chi connectivity index (χ4v) is 0.681. The summed E-state index contributed by atoms with van der Waals surface area (Å²) in [5.41, 5.74) is -0.326. The van der Waals surface area contributed by atoms with E-state index < -0.39 is 12.1 Å². The van der Waals surface area contributed by atoms with Gasteiger partial charge in [0.2, 0.25) is 0 Å². The molecule has 0 unspecified atom stereocenters. The number of aliphatic carboxylic acids is 1. The van der Waals surface area contributed by atoms with Gasteiger partial charge in [0.25, 0.3) is 0 Å². The maximum atomic E-state index is 10.4. The highest BCUT2D eigenvalue weighted by atomic mass is 16.4. The lowest BCUT2D eigenvalue weighted by atomic mass is 10.3. The van der Waals surface area contributed by atoms with Crippen molar-refractivity contribution in [3.8, 4) is 0 Å². The molecule has 0 radical (unpaired) electrons. The average Bonchev–Trinajstić information content (AvgIpc) is 2.28. The minimum atomic E-state index is -1.33. The van der Waals surface area contributed by atoms with Gasteiger partial charge in [-0.2, -0.15) is 10.1 Å². The van der Waals surface area contributed by atoms with Crippen molar-refractivity contribution in [2.24, 2.45) is 5.10 Å². The van der Waals surface area contributed by atoms with Gasteiger partial charge in [-0.1, -0.05) is 6.08 Å². The number of nitrogens with zero attached hydrogens (tertiary/aromatic N) is 2. The van der Waals surface area contributed by atoms with Crippen molar-refractivity contribution in [2.45, 2.75) is 0 Å². The smallest absolute Gasteiger partial charge is 0.432 e. The van der Waals surface area contributed by atoms with Gasteiger partial charge in [0.15, 0.2) is 5.71 Å². The summed E-state index contributed by atoms with van der Waals surface area (Å²) >= 11 is 0. The van der Waals surface area contributed by atoms with Crippen molar-refractivity contribution in [2.75, 3.05) is 0 Å². The predicted octanol–water partition coefficient (Wildman–Crippen LogP) is 0.491. The van der Waals surface area contributed by atoms with E-state index >= 15 is 0 Å². The van der Waals surface area contributed by atoms with Gasteiger partial charge in [-0.3, -0.25) is 0 Å². The van der Waals surface area contributed by atoms with Crippen LogP contribution < -0.4 is 0 Å². The van der Waals surface area contributed by atoms with Gasteiger partial charge in [0.05, 0.1) is 0 Å². The van der Waals surface area contributed by atoms with Crippen LogP contribution in [-0.2, 0) is 4.79 Å². The minimum absolute atomic E-state index is 0.326. The van der Waals surface area contributed by atoms with Crippen LogP contribution in [0, 0.1) is 0 Å². The van der Waals surface area contributed by atoms with E-state index in [1.54, 1.807) is 0 Å². The van der Waals surface area contributed by atoms with Crippen molar-refractivity contribution in [3.05, 3.63) is 24.4 Å². The molecule has 0 fully saturated rings. The molecule has 1 aliphatic heterocycles. The van der Waals surface area contributed by atoms with E-state index in [2.05, 4.69) is 5.10 Å². The van der Waals surface area contributed by atoms with Crippen molar-refractivity contribution >= 4 is 17.8 Å². The number of carboxylic acid groups (broad SMARTS) is 2. The van der Waals surface area contributed by atoms with Gasteiger partial charge < -0.3 is 10.2 Å². The number of carboxylic acids is 1. The molecule has 6 nitrogen and oxygen atoms in total. The number of carbonyl (C=O) groups is 2. The molecule has 68 valence electrons. The largest absolute Gasteiger partial charge is 0.476 e.